The number of carbonyl (C=O) groups is 2. The SMILES string of the molecule is COc1cccc2cc3c(cc12)C(=O)C(=O)C=C3. The molecule has 0 saturated heterocycles. The van der Waals surface area contributed by atoms with Crippen LogP contribution in [-0.2, 0) is 4.79 Å². The number of ether oxygens (including phenoxy) is 1. The fourth-order valence-corrected chi connectivity index (χ4v) is 2.20. The van der Waals surface area contributed by atoms with Crippen molar-refractivity contribution in [3.05, 3.63) is 47.5 Å². The molecule has 0 fully saturated rings. The maximum absolute atomic E-state index is 11.8. The number of benzene rings is 2. The van der Waals surface area contributed by atoms with Crippen molar-refractivity contribution in [2.24, 2.45) is 0 Å². The standard InChI is InChI=1S/C15H10O3/c1-18-14-4-2-3-9-7-10-5-6-13(16)15(17)12(10)8-11(9)14/h2-8H,1H3. The maximum atomic E-state index is 11.8. The Bertz CT molecular complexity index is 711. The molecule has 3 nitrogen and oxygen atoms in total. The van der Waals surface area contributed by atoms with E-state index in [1.54, 1.807) is 19.3 Å². The number of hydrogen-bond acceptors (Lipinski definition) is 3. The Morgan fingerprint density at radius 3 is 2.67 bits per heavy atom. The lowest BCUT2D eigenvalue weighted by Crippen LogP contribution is -2.16. The van der Waals surface area contributed by atoms with Crippen molar-refractivity contribution in [1.82, 2.24) is 0 Å². The van der Waals surface area contributed by atoms with Crippen LogP contribution < -0.4 is 4.74 Å². The minimum Gasteiger partial charge on any atom is -0.496 e. The van der Waals surface area contributed by atoms with Crippen LogP contribution in [0.2, 0.25) is 0 Å². The largest absolute Gasteiger partial charge is 0.496 e. The molecule has 0 heterocycles. The van der Waals surface area contributed by atoms with Crippen LogP contribution in [0.1, 0.15) is 15.9 Å². The van der Waals surface area contributed by atoms with Crippen LogP contribution in [0.15, 0.2) is 36.4 Å². The summed E-state index contributed by atoms with van der Waals surface area (Å²) in [5.41, 5.74) is 1.22. The van der Waals surface area contributed by atoms with Gasteiger partial charge in [0.2, 0.25) is 11.6 Å². The molecule has 0 atom stereocenters. The lowest BCUT2D eigenvalue weighted by molar-refractivity contribution is -0.110. The van der Waals surface area contributed by atoms with Crippen molar-refractivity contribution in [2.75, 3.05) is 7.11 Å². The summed E-state index contributed by atoms with van der Waals surface area (Å²) >= 11 is 0. The summed E-state index contributed by atoms with van der Waals surface area (Å²) in [6.07, 6.45) is 2.99. The molecular formula is C15H10O3. The number of hydrogen-bond donors (Lipinski definition) is 0. The third-order valence-electron chi connectivity index (χ3n) is 3.11. The minimum atomic E-state index is -0.475. The molecule has 0 aliphatic heterocycles. The summed E-state index contributed by atoms with van der Waals surface area (Å²) in [6, 6.07) is 9.31. The summed E-state index contributed by atoms with van der Waals surface area (Å²) in [7, 11) is 1.58. The van der Waals surface area contributed by atoms with Gasteiger partial charge in [-0.1, -0.05) is 18.2 Å². The van der Waals surface area contributed by atoms with Crippen LogP contribution in [0, 0.1) is 0 Å². The number of Topliss-reactive ketones (excluding diaryl/α,β-unsaturated/α-hetero) is 1. The second kappa shape index (κ2) is 3.81. The van der Waals surface area contributed by atoms with Gasteiger partial charge in [0.05, 0.1) is 7.11 Å². The first-order valence-corrected chi connectivity index (χ1v) is 5.58. The van der Waals surface area contributed by atoms with E-state index >= 15 is 0 Å². The summed E-state index contributed by atoms with van der Waals surface area (Å²) < 4.78 is 5.27. The van der Waals surface area contributed by atoms with Gasteiger partial charge in [-0.3, -0.25) is 9.59 Å². The highest BCUT2D eigenvalue weighted by Crippen LogP contribution is 2.30. The van der Waals surface area contributed by atoms with Gasteiger partial charge in [0.1, 0.15) is 5.75 Å². The van der Waals surface area contributed by atoms with Gasteiger partial charge in [0.25, 0.3) is 0 Å². The van der Waals surface area contributed by atoms with Gasteiger partial charge in [-0.25, -0.2) is 0 Å². The molecule has 18 heavy (non-hydrogen) atoms. The quantitative estimate of drug-likeness (QED) is 0.717. The van der Waals surface area contributed by atoms with Crippen molar-refractivity contribution in [2.45, 2.75) is 0 Å². The summed E-state index contributed by atoms with van der Waals surface area (Å²) in [4.78, 5) is 23.2. The molecule has 88 valence electrons. The number of allylic oxidation sites excluding steroid dienone is 1. The van der Waals surface area contributed by atoms with Gasteiger partial charge < -0.3 is 4.74 Å². The fourth-order valence-electron chi connectivity index (χ4n) is 2.20. The molecule has 1 aliphatic carbocycles. The van der Waals surface area contributed by atoms with E-state index in [0.717, 1.165) is 16.3 Å². The van der Waals surface area contributed by atoms with Crippen LogP contribution in [0.5, 0.6) is 5.75 Å². The molecule has 1 aliphatic rings. The van der Waals surface area contributed by atoms with Crippen molar-refractivity contribution in [1.29, 1.82) is 0 Å². The Kier molecular flexibility index (Phi) is 2.27. The van der Waals surface area contributed by atoms with Crippen molar-refractivity contribution >= 4 is 28.4 Å². The van der Waals surface area contributed by atoms with Gasteiger partial charge >= 0.3 is 0 Å². The van der Waals surface area contributed by atoms with Crippen molar-refractivity contribution in [3.8, 4) is 5.75 Å². The van der Waals surface area contributed by atoms with Gasteiger partial charge in [-0.15, -0.1) is 0 Å². The van der Waals surface area contributed by atoms with Crippen molar-refractivity contribution in [3.63, 3.8) is 0 Å². The van der Waals surface area contributed by atoms with E-state index in [9.17, 15) is 9.59 Å². The van der Waals surface area contributed by atoms with E-state index in [1.165, 1.54) is 6.08 Å². The molecule has 3 heteroatoms. The molecule has 0 bridgehead atoms. The number of ketones is 2. The highest BCUT2D eigenvalue weighted by atomic mass is 16.5. The molecule has 0 N–H and O–H groups in total. The zero-order chi connectivity index (χ0) is 12.7. The molecular weight excluding hydrogens is 228 g/mol. The maximum Gasteiger partial charge on any atom is 0.233 e. The Morgan fingerprint density at radius 2 is 1.89 bits per heavy atom. The smallest absolute Gasteiger partial charge is 0.233 e. The van der Waals surface area contributed by atoms with Gasteiger partial charge in [0, 0.05) is 10.9 Å². The second-order valence-electron chi connectivity index (χ2n) is 4.15. The number of methoxy groups -OCH3 is 1. The zero-order valence-electron chi connectivity index (χ0n) is 9.77. The van der Waals surface area contributed by atoms with E-state index < -0.39 is 11.6 Å². The lowest BCUT2D eigenvalue weighted by Gasteiger charge is -2.12. The predicted molar refractivity (Wildman–Crippen MR) is 68.9 cm³/mol. The Morgan fingerprint density at radius 1 is 1.06 bits per heavy atom. The normalized spacial score (nSPS) is 13.8. The average Bonchev–Trinajstić information content (AvgIpc) is 2.41. The first-order valence-electron chi connectivity index (χ1n) is 5.58. The average molecular weight is 238 g/mol. The molecule has 0 aromatic heterocycles. The van der Waals surface area contributed by atoms with E-state index in [0.29, 0.717) is 11.3 Å². The number of rotatable bonds is 1. The fraction of sp³-hybridized carbons (Fsp3) is 0.0667. The molecule has 0 spiro atoms. The first-order chi connectivity index (χ1) is 8.70. The molecule has 2 aromatic carbocycles. The topological polar surface area (TPSA) is 43.4 Å². The van der Waals surface area contributed by atoms with Crippen LogP contribution in [0.3, 0.4) is 0 Å². The Labute approximate surface area is 104 Å². The number of carbonyl (C=O) groups excluding carboxylic acids is 2. The third kappa shape index (κ3) is 1.44. The Hall–Kier alpha value is -2.42. The minimum absolute atomic E-state index is 0.444. The van der Waals surface area contributed by atoms with Gasteiger partial charge in [0.15, 0.2) is 0 Å². The van der Waals surface area contributed by atoms with Crippen LogP contribution in [0.4, 0.5) is 0 Å². The second-order valence-corrected chi connectivity index (χ2v) is 4.15. The van der Waals surface area contributed by atoms with E-state index in [2.05, 4.69) is 0 Å². The molecule has 0 radical (unpaired) electrons. The van der Waals surface area contributed by atoms with Crippen molar-refractivity contribution < 1.29 is 14.3 Å². The first kappa shape index (κ1) is 10.7. The molecule has 0 unspecified atom stereocenters. The highest BCUT2D eigenvalue weighted by Gasteiger charge is 2.21. The van der Waals surface area contributed by atoms with E-state index in [4.69, 9.17) is 4.74 Å². The predicted octanol–water partition coefficient (Wildman–Crippen LogP) is 2.63. The molecule has 2 aromatic rings. The monoisotopic (exact) mass is 238 g/mol. The summed E-state index contributed by atoms with van der Waals surface area (Å²) in [5, 5.41) is 1.83. The van der Waals surface area contributed by atoms with E-state index in [1.807, 2.05) is 24.3 Å². The lowest BCUT2D eigenvalue weighted by atomic mass is 9.92. The van der Waals surface area contributed by atoms with Crippen LogP contribution in [0.25, 0.3) is 16.8 Å². The molecule has 3 rings (SSSR count). The Balaban J connectivity index is 2.36. The van der Waals surface area contributed by atoms with Gasteiger partial charge in [-0.05, 0) is 35.2 Å². The summed E-state index contributed by atoms with van der Waals surface area (Å²) in [6.45, 7) is 0. The molecule has 0 amide bonds. The third-order valence-corrected chi connectivity index (χ3v) is 3.11. The molecule has 0 saturated carbocycles. The zero-order valence-corrected chi connectivity index (χ0v) is 9.77. The van der Waals surface area contributed by atoms with Crippen LogP contribution >= 0.6 is 0 Å². The highest BCUT2D eigenvalue weighted by molar-refractivity contribution is 6.50. The summed E-state index contributed by atoms with van der Waals surface area (Å²) in [5.74, 6) is -0.234. The van der Waals surface area contributed by atoms with Gasteiger partial charge in [-0.2, -0.15) is 0 Å². The van der Waals surface area contributed by atoms with E-state index in [-0.39, 0.29) is 0 Å². The van der Waals surface area contributed by atoms with Crippen LogP contribution in [-0.4, -0.2) is 18.7 Å². The number of fused-ring (bicyclic) bond motifs is 2.